The number of fused-ring (bicyclic) bond motifs is 1. The van der Waals surface area contributed by atoms with Gasteiger partial charge >= 0.3 is 0 Å². The Balaban J connectivity index is 1.62. The third-order valence-corrected chi connectivity index (χ3v) is 5.89. The Kier molecular flexibility index (Phi) is 5.71. The van der Waals surface area contributed by atoms with Crippen molar-refractivity contribution in [2.45, 2.75) is 44.0 Å². The highest BCUT2D eigenvalue weighted by Crippen LogP contribution is 2.17. The highest BCUT2D eigenvalue weighted by molar-refractivity contribution is 7.89. The van der Waals surface area contributed by atoms with Gasteiger partial charge in [-0.25, -0.2) is 17.8 Å². The summed E-state index contributed by atoms with van der Waals surface area (Å²) < 4.78 is 28.5. The number of anilines is 1. The van der Waals surface area contributed by atoms with Gasteiger partial charge in [0.1, 0.15) is 0 Å². The number of sulfonamides is 1. The van der Waals surface area contributed by atoms with Gasteiger partial charge in [-0.15, -0.1) is 0 Å². The molecular formula is C18H22N4O4S. The maximum absolute atomic E-state index is 12.4. The number of hydrogen-bond acceptors (Lipinski definition) is 5. The van der Waals surface area contributed by atoms with Crippen LogP contribution >= 0.6 is 0 Å². The van der Waals surface area contributed by atoms with Crippen LogP contribution in [0.3, 0.4) is 0 Å². The van der Waals surface area contributed by atoms with Crippen molar-refractivity contribution in [1.82, 2.24) is 14.5 Å². The second kappa shape index (κ2) is 8.01. The molecule has 1 heterocycles. The molecule has 9 heteroatoms. The van der Waals surface area contributed by atoms with E-state index in [1.807, 2.05) is 0 Å². The Hall–Kier alpha value is -2.52. The third-order valence-electron chi connectivity index (χ3n) is 4.41. The molecule has 0 spiro atoms. The summed E-state index contributed by atoms with van der Waals surface area (Å²) in [6.45, 7) is 1.96. The molecule has 0 radical (unpaired) electrons. The van der Waals surface area contributed by atoms with Crippen molar-refractivity contribution >= 4 is 21.6 Å². The molecule has 8 nitrogen and oxygen atoms in total. The van der Waals surface area contributed by atoms with Crippen molar-refractivity contribution < 1.29 is 13.2 Å². The van der Waals surface area contributed by atoms with E-state index in [4.69, 9.17) is 0 Å². The van der Waals surface area contributed by atoms with E-state index in [1.54, 1.807) is 13.0 Å². The lowest BCUT2D eigenvalue weighted by molar-refractivity contribution is -0.115. The van der Waals surface area contributed by atoms with E-state index in [0.717, 1.165) is 30.5 Å². The molecule has 0 unspecified atom stereocenters. The Labute approximate surface area is 157 Å². The first-order valence-corrected chi connectivity index (χ1v) is 10.4. The number of benzene rings is 1. The average Bonchev–Trinajstić information content (AvgIpc) is 3.09. The van der Waals surface area contributed by atoms with Gasteiger partial charge in [0, 0.05) is 24.7 Å². The minimum absolute atomic E-state index is 0.0579. The molecule has 3 rings (SSSR count). The molecule has 1 aliphatic rings. The smallest absolute Gasteiger partial charge is 0.267 e. The van der Waals surface area contributed by atoms with Crippen LogP contribution in [0.2, 0.25) is 0 Å². The quantitative estimate of drug-likeness (QED) is 0.734. The van der Waals surface area contributed by atoms with Crippen LogP contribution in [0.4, 0.5) is 5.69 Å². The van der Waals surface area contributed by atoms with Crippen LogP contribution in [-0.4, -0.2) is 30.7 Å². The Bertz CT molecular complexity index is 997. The van der Waals surface area contributed by atoms with Crippen molar-refractivity contribution in [3.8, 4) is 0 Å². The molecule has 0 fully saturated rings. The fraction of sp³-hybridized carbons (Fsp3) is 0.389. The van der Waals surface area contributed by atoms with Gasteiger partial charge in [-0.2, -0.15) is 5.10 Å². The van der Waals surface area contributed by atoms with E-state index >= 15 is 0 Å². The van der Waals surface area contributed by atoms with E-state index in [2.05, 4.69) is 15.1 Å². The van der Waals surface area contributed by atoms with Crippen molar-refractivity contribution in [2.75, 3.05) is 11.9 Å². The van der Waals surface area contributed by atoms with Gasteiger partial charge in [0.25, 0.3) is 5.56 Å². The van der Waals surface area contributed by atoms with Gasteiger partial charge in [-0.1, -0.05) is 6.92 Å². The van der Waals surface area contributed by atoms with Crippen LogP contribution in [0, 0.1) is 0 Å². The Morgan fingerprint density at radius 1 is 1.22 bits per heavy atom. The van der Waals surface area contributed by atoms with Crippen molar-refractivity contribution in [1.29, 1.82) is 0 Å². The summed E-state index contributed by atoms with van der Waals surface area (Å²) in [5.74, 6) is -0.143. The third kappa shape index (κ3) is 4.61. The summed E-state index contributed by atoms with van der Waals surface area (Å²) >= 11 is 0. The molecule has 1 aromatic heterocycles. The number of hydrogen-bond donors (Lipinski definition) is 2. The zero-order valence-corrected chi connectivity index (χ0v) is 15.9. The number of aryl methyl sites for hydroxylation is 2. The predicted octanol–water partition coefficient (Wildman–Crippen LogP) is 1.06. The van der Waals surface area contributed by atoms with E-state index in [0.29, 0.717) is 12.1 Å². The molecule has 2 aromatic rings. The standard InChI is InChI=1S/C18H22N4O4S/c1-2-17(23)20-14-6-8-15(9-7-14)27(25,26)19-10-11-22-18(24)12-13-4-3-5-16(13)21-22/h6-9,12,19H,2-5,10-11H2,1H3,(H,20,23). The molecule has 0 aliphatic heterocycles. The lowest BCUT2D eigenvalue weighted by Gasteiger charge is -2.10. The fourth-order valence-electron chi connectivity index (χ4n) is 2.94. The Morgan fingerprint density at radius 2 is 1.96 bits per heavy atom. The van der Waals surface area contributed by atoms with Gasteiger partial charge in [0.2, 0.25) is 15.9 Å². The van der Waals surface area contributed by atoms with Crippen LogP contribution in [0.15, 0.2) is 40.0 Å². The second-order valence-corrected chi connectivity index (χ2v) is 8.12. The minimum atomic E-state index is -3.71. The molecule has 1 amide bonds. The lowest BCUT2D eigenvalue weighted by Crippen LogP contribution is -2.32. The molecule has 0 saturated heterocycles. The maximum Gasteiger partial charge on any atom is 0.267 e. The van der Waals surface area contributed by atoms with E-state index in [9.17, 15) is 18.0 Å². The zero-order chi connectivity index (χ0) is 19.4. The van der Waals surface area contributed by atoms with E-state index in [1.165, 1.54) is 28.9 Å². The van der Waals surface area contributed by atoms with E-state index < -0.39 is 10.0 Å². The zero-order valence-electron chi connectivity index (χ0n) is 15.1. The van der Waals surface area contributed by atoms with Gasteiger partial charge in [-0.3, -0.25) is 9.59 Å². The van der Waals surface area contributed by atoms with Crippen molar-refractivity contribution in [3.05, 3.63) is 51.9 Å². The number of nitrogens with one attached hydrogen (secondary N) is 2. The molecule has 144 valence electrons. The number of nitrogens with zero attached hydrogens (tertiary/aromatic N) is 2. The summed E-state index contributed by atoms with van der Waals surface area (Å²) in [7, 11) is -3.71. The first kappa shape index (κ1) is 19.2. The largest absolute Gasteiger partial charge is 0.326 e. The summed E-state index contributed by atoms with van der Waals surface area (Å²) in [6, 6.07) is 7.51. The molecule has 27 heavy (non-hydrogen) atoms. The molecule has 0 saturated carbocycles. The molecular weight excluding hydrogens is 368 g/mol. The predicted molar refractivity (Wildman–Crippen MR) is 101 cm³/mol. The van der Waals surface area contributed by atoms with E-state index in [-0.39, 0.29) is 29.5 Å². The number of aromatic nitrogens is 2. The van der Waals surface area contributed by atoms with Crippen LogP contribution in [-0.2, 0) is 34.2 Å². The molecule has 2 N–H and O–H groups in total. The fourth-order valence-corrected chi connectivity index (χ4v) is 3.96. The van der Waals surface area contributed by atoms with Gasteiger partial charge in [0.05, 0.1) is 17.1 Å². The van der Waals surface area contributed by atoms with Crippen molar-refractivity contribution in [2.24, 2.45) is 0 Å². The average molecular weight is 390 g/mol. The molecule has 1 aliphatic carbocycles. The second-order valence-electron chi connectivity index (χ2n) is 6.36. The van der Waals surface area contributed by atoms with Gasteiger partial charge in [0.15, 0.2) is 0 Å². The van der Waals surface area contributed by atoms with Crippen LogP contribution in [0.25, 0.3) is 0 Å². The summed E-state index contributed by atoms with van der Waals surface area (Å²) in [5, 5.41) is 6.98. The number of rotatable bonds is 7. The number of amides is 1. The topological polar surface area (TPSA) is 110 Å². The number of carbonyl (C=O) groups is 1. The monoisotopic (exact) mass is 390 g/mol. The SMILES string of the molecule is CCC(=O)Nc1ccc(S(=O)(=O)NCCn2nc3c(cc2=O)CCC3)cc1. The normalized spacial score (nSPS) is 13.4. The lowest BCUT2D eigenvalue weighted by atomic mass is 10.2. The van der Waals surface area contributed by atoms with Crippen LogP contribution in [0.5, 0.6) is 0 Å². The van der Waals surface area contributed by atoms with Crippen LogP contribution in [0.1, 0.15) is 31.0 Å². The maximum atomic E-state index is 12.4. The number of carbonyl (C=O) groups excluding carboxylic acids is 1. The molecule has 0 bridgehead atoms. The minimum Gasteiger partial charge on any atom is -0.326 e. The van der Waals surface area contributed by atoms with Gasteiger partial charge in [-0.05, 0) is 49.1 Å². The van der Waals surface area contributed by atoms with Crippen molar-refractivity contribution in [3.63, 3.8) is 0 Å². The molecule has 0 atom stereocenters. The highest BCUT2D eigenvalue weighted by atomic mass is 32.2. The Morgan fingerprint density at radius 3 is 2.67 bits per heavy atom. The first-order chi connectivity index (χ1) is 12.9. The summed E-state index contributed by atoms with van der Waals surface area (Å²) in [5.41, 5.74) is 2.23. The highest BCUT2D eigenvalue weighted by Gasteiger charge is 2.16. The summed E-state index contributed by atoms with van der Waals surface area (Å²) in [4.78, 5) is 23.5. The van der Waals surface area contributed by atoms with Crippen LogP contribution < -0.4 is 15.6 Å². The molecule has 1 aromatic carbocycles. The summed E-state index contributed by atoms with van der Waals surface area (Å²) in [6.07, 6.45) is 3.06. The first-order valence-electron chi connectivity index (χ1n) is 8.88. The van der Waals surface area contributed by atoms with Gasteiger partial charge < -0.3 is 5.32 Å².